The van der Waals surface area contributed by atoms with Crippen LogP contribution in [0.3, 0.4) is 0 Å². The lowest BCUT2D eigenvalue weighted by Crippen LogP contribution is -2.52. The van der Waals surface area contributed by atoms with Gasteiger partial charge in [-0.15, -0.1) is 0 Å². The van der Waals surface area contributed by atoms with E-state index in [0.29, 0.717) is 44.2 Å². The van der Waals surface area contributed by atoms with E-state index >= 15 is 0 Å². The Morgan fingerprint density at radius 3 is 2.28 bits per heavy atom. The normalized spacial score (nSPS) is 34.6. The van der Waals surface area contributed by atoms with E-state index in [2.05, 4.69) is 5.32 Å². The van der Waals surface area contributed by atoms with Crippen LogP contribution in [0, 0.1) is 17.8 Å². The van der Waals surface area contributed by atoms with Crippen molar-refractivity contribution in [3.05, 3.63) is 0 Å². The average molecular weight is 372 g/mol. The van der Waals surface area contributed by atoms with Crippen LogP contribution >= 0.6 is 0 Å². The summed E-state index contributed by atoms with van der Waals surface area (Å²) in [4.78, 5) is 12.7. The number of carbonyl (C=O) groups excluding carboxylic acids is 1. The number of hydrogen-bond donors (Lipinski definition) is 2. The minimum Gasteiger partial charge on any atom is -0.353 e. The molecule has 2 saturated carbocycles. The van der Waals surface area contributed by atoms with Crippen molar-refractivity contribution in [2.75, 3.05) is 18.8 Å². The van der Waals surface area contributed by atoms with Gasteiger partial charge in [0, 0.05) is 31.1 Å². The Labute approximate surface area is 151 Å². The predicted octanol–water partition coefficient (Wildman–Crippen LogP) is 1.46. The largest absolute Gasteiger partial charge is 0.353 e. The van der Waals surface area contributed by atoms with Gasteiger partial charge in [0.1, 0.15) is 0 Å². The molecule has 0 spiro atoms. The number of nitrogens with zero attached hydrogens (tertiary/aromatic N) is 1. The van der Waals surface area contributed by atoms with Crippen molar-refractivity contribution in [1.29, 1.82) is 0 Å². The van der Waals surface area contributed by atoms with Gasteiger partial charge in [-0.2, -0.15) is 0 Å². The van der Waals surface area contributed by atoms with E-state index in [-0.39, 0.29) is 29.7 Å². The fourth-order valence-electron chi connectivity index (χ4n) is 4.99. The van der Waals surface area contributed by atoms with Gasteiger partial charge in [0.15, 0.2) is 0 Å². The van der Waals surface area contributed by atoms with E-state index < -0.39 is 10.0 Å². The molecule has 0 aromatic carbocycles. The molecule has 0 aromatic rings. The van der Waals surface area contributed by atoms with Gasteiger partial charge in [0.05, 0.1) is 5.75 Å². The second-order valence-electron chi connectivity index (χ2n) is 8.19. The Hall–Kier alpha value is -0.660. The summed E-state index contributed by atoms with van der Waals surface area (Å²) in [6.45, 7) is 2.93. The Kier molecular flexibility index (Phi) is 6.06. The molecule has 2 bridgehead atoms. The van der Waals surface area contributed by atoms with E-state index in [1.807, 2.05) is 6.92 Å². The molecular formula is C18H33N3O3S. The number of fused-ring (bicyclic) bond motifs is 2. The Balaban J connectivity index is 1.48. The topological polar surface area (TPSA) is 92.5 Å². The lowest BCUT2D eigenvalue weighted by molar-refractivity contribution is -0.128. The van der Waals surface area contributed by atoms with Gasteiger partial charge in [-0.1, -0.05) is 13.3 Å². The number of nitrogens with two attached hydrogens (primary N) is 1. The van der Waals surface area contributed by atoms with Crippen molar-refractivity contribution in [2.45, 2.75) is 70.4 Å². The molecule has 3 N–H and O–H groups in total. The van der Waals surface area contributed by atoms with Gasteiger partial charge >= 0.3 is 0 Å². The van der Waals surface area contributed by atoms with E-state index in [9.17, 15) is 13.2 Å². The Morgan fingerprint density at radius 2 is 1.72 bits per heavy atom. The number of piperidine rings is 1. The first-order valence-corrected chi connectivity index (χ1v) is 11.6. The summed E-state index contributed by atoms with van der Waals surface area (Å²) in [6, 6.07) is 0.390. The highest BCUT2D eigenvalue weighted by Gasteiger charge is 2.41. The minimum absolute atomic E-state index is 0.0944. The third kappa shape index (κ3) is 4.37. The van der Waals surface area contributed by atoms with Crippen LogP contribution in [0.5, 0.6) is 0 Å². The van der Waals surface area contributed by atoms with Crippen molar-refractivity contribution in [3.8, 4) is 0 Å². The Bertz CT molecular complexity index is 558. The molecule has 6 nitrogen and oxygen atoms in total. The molecule has 1 amide bonds. The van der Waals surface area contributed by atoms with Crippen LogP contribution in [-0.4, -0.2) is 49.6 Å². The maximum absolute atomic E-state index is 12.7. The van der Waals surface area contributed by atoms with Crippen molar-refractivity contribution < 1.29 is 13.2 Å². The maximum atomic E-state index is 12.7. The molecule has 0 radical (unpaired) electrons. The first-order valence-electron chi connectivity index (χ1n) is 9.94. The van der Waals surface area contributed by atoms with Gasteiger partial charge in [0.25, 0.3) is 0 Å². The molecule has 1 aliphatic heterocycles. The van der Waals surface area contributed by atoms with Crippen LogP contribution in [0.4, 0.5) is 0 Å². The van der Waals surface area contributed by atoms with Gasteiger partial charge in [-0.25, -0.2) is 12.7 Å². The van der Waals surface area contributed by atoms with Crippen LogP contribution in [-0.2, 0) is 14.8 Å². The molecule has 2 aliphatic carbocycles. The quantitative estimate of drug-likeness (QED) is 0.765. The highest BCUT2D eigenvalue weighted by atomic mass is 32.2. The summed E-state index contributed by atoms with van der Waals surface area (Å²) < 4.78 is 25.8. The van der Waals surface area contributed by atoms with E-state index in [0.717, 1.165) is 25.7 Å². The first-order chi connectivity index (χ1) is 11.9. The molecule has 3 fully saturated rings. The lowest BCUT2D eigenvalue weighted by atomic mass is 9.65. The zero-order valence-electron chi connectivity index (χ0n) is 15.3. The van der Waals surface area contributed by atoms with E-state index in [1.165, 1.54) is 6.42 Å². The summed E-state index contributed by atoms with van der Waals surface area (Å²) in [5, 5.41) is 3.20. The molecule has 1 saturated heterocycles. The van der Waals surface area contributed by atoms with Crippen LogP contribution in [0.1, 0.15) is 58.3 Å². The SMILES string of the molecule is CCCS(=O)(=O)N1CCC(NC(=O)C2CC3CCCC(C2)C3N)CC1. The predicted molar refractivity (Wildman–Crippen MR) is 98.3 cm³/mol. The molecule has 3 aliphatic rings. The summed E-state index contributed by atoms with van der Waals surface area (Å²) in [5.41, 5.74) is 6.32. The van der Waals surface area contributed by atoms with Gasteiger partial charge in [0.2, 0.25) is 15.9 Å². The molecule has 2 unspecified atom stereocenters. The standard InChI is InChI=1S/C18H33N3O3S/c1-2-10-25(23,24)21-8-6-16(7-9-21)20-18(22)15-11-13-4-3-5-14(12-15)17(13)19/h13-17H,2-12,19H2,1H3,(H,20,22). The number of amides is 1. The summed E-state index contributed by atoms with van der Waals surface area (Å²) in [5.74, 6) is 1.49. The highest BCUT2D eigenvalue weighted by molar-refractivity contribution is 7.89. The molecule has 144 valence electrons. The van der Waals surface area contributed by atoms with E-state index in [1.54, 1.807) is 4.31 Å². The first kappa shape index (κ1) is 19.1. The molecule has 25 heavy (non-hydrogen) atoms. The average Bonchev–Trinajstić information content (AvgIpc) is 2.55. The molecule has 0 aromatic heterocycles. The van der Waals surface area contributed by atoms with Gasteiger partial charge < -0.3 is 11.1 Å². The number of hydrogen-bond acceptors (Lipinski definition) is 4. The molecule has 7 heteroatoms. The summed E-state index contributed by atoms with van der Waals surface area (Å²) in [6.07, 6.45) is 7.50. The van der Waals surface area contributed by atoms with Crippen molar-refractivity contribution in [2.24, 2.45) is 23.5 Å². The van der Waals surface area contributed by atoms with Crippen molar-refractivity contribution >= 4 is 15.9 Å². The summed E-state index contributed by atoms with van der Waals surface area (Å²) >= 11 is 0. The number of rotatable bonds is 5. The molecule has 2 atom stereocenters. The third-order valence-corrected chi connectivity index (χ3v) is 8.52. The highest BCUT2D eigenvalue weighted by Crippen LogP contribution is 2.42. The van der Waals surface area contributed by atoms with Crippen LogP contribution in [0.2, 0.25) is 0 Å². The van der Waals surface area contributed by atoms with Crippen molar-refractivity contribution in [1.82, 2.24) is 9.62 Å². The zero-order chi connectivity index (χ0) is 18.0. The van der Waals surface area contributed by atoms with Crippen molar-refractivity contribution in [3.63, 3.8) is 0 Å². The lowest BCUT2D eigenvalue weighted by Gasteiger charge is -2.44. The van der Waals surface area contributed by atoms with E-state index in [4.69, 9.17) is 5.73 Å². The summed E-state index contributed by atoms with van der Waals surface area (Å²) in [7, 11) is -3.12. The van der Waals surface area contributed by atoms with Crippen LogP contribution in [0.25, 0.3) is 0 Å². The smallest absolute Gasteiger partial charge is 0.223 e. The number of sulfonamides is 1. The number of nitrogens with one attached hydrogen (secondary N) is 1. The second-order valence-corrected chi connectivity index (χ2v) is 10.3. The fraction of sp³-hybridized carbons (Fsp3) is 0.944. The van der Waals surface area contributed by atoms with Gasteiger partial charge in [-0.3, -0.25) is 4.79 Å². The molecule has 1 heterocycles. The zero-order valence-corrected chi connectivity index (χ0v) is 16.1. The second kappa shape index (κ2) is 7.92. The molecular weight excluding hydrogens is 338 g/mol. The van der Waals surface area contributed by atoms with Gasteiger partial charge in [-0.05, 0) is 56.8 Å². The maximum Gasteiger partial charge on any atom is 0.223 e. The van der Waals surface area contributed by atoms with Crippen LogP contribution in [0.15, 0.2) is 0 Å². The number of carbonyl (C=O) groups is 1. The molecule has 3 rings (SSSR count). The van der Waals surface area contributed by atoms with Crippen LogP contribution < -0.4 is 11.1 Å². The Morgan fingerprint density at radius 1 is 1.12 bits per heavy atom. The third-order valence-electron chi connectivity index (χ3n) is 6.44. The minimum atomic E-state index is -3.12. The monoisotopic (exact) mass is 371 g/mol. The fourth-order valence-corrected chi connectivity index (χ4v) is 6.53.